The summed E-state index contributed by atoms with van der Waals surface area (Å²) in [5.74, 6) is -1.69. The van der Waals surface area contributed by atoms with Crippen LogP contribution >= 0.6 is 23.2 Å². The Morgan fingerprint density at radius 3 is 2.42 bits per heavy atom. The smallest absolute Gasteiger partial charge is 0.308 e. The molecule has 1 fully saturated rings. The minimum absolute atomic E-state index is 0.0623. The number of carbonyl (C=O) groups excluding carboxylic acids is 1. The highest BCUT2D eigenvalue weighted by Crippen LogP contribution is 2.29. The second-order valence-corrected chi connectivity index (χ2v) is 5.62. The molecule has 2 heterocycles. The quantitative estimate of drug-likeness (QED) is 0.910. The van der Waals surface area contributed by atoms with Crippen molar-refractivity contribution in [1.82, 2.24) is 9.47 Å². The van der Waals surface area contributed by atoms with Gasteiger partial charge in [0, 0.05) is 20.1 Å². The predicted molar refractivity (Wildman–Crippen MR) is 71.6 cm³/mol. The standard InChI is InChI=1S/C12H14Cl2N2O3/c1-6-4-16(5-7(6)12(18)19)11(17)9-3-8(13)10(14)15(9)2/h3,6-7H,4-5H2,1-2H3,(H,18,19). The third kappa shape index (κ3) is 2.44. The van der Waals surface area contributed by atoms with Crippen LogP contribution in [0.5, 0.6) is 0 Å². The molecule has 5 nitrogen and oxygen atoms in total. The molecule has 2 rings (SSSR count). The number of rotatable bonds is 2. The first-order valence-corrected chi connectivity index (χ1v) is 6.61. The topological polar surface area (TPSA) is 62.5 Å². The molecule has 0 saturated carbocycles. The number of carbonyl (C=O) groups is 2. The summed E-state index contributed by atoms with van der Waals surface area (Å²) in [6.45, 7) is 2.48. The number of nitrogens with zero attached hydrogens (tertiary/aromatic N) is 2. The van der Waals surface area contributed by atoms with Crippen molar-refractivity contribution in [2.75, 3.05) is 13.1 Å². The summed E-state index contributed by atoms with van der Waals surface area (Å²) in [7, 11) is 1.65. The van der Waals surface area contributed by atoms with Gasteiger partial charge in [-0.15, -0.1) is 0 Å². The zero-order valence-corrected chi connectivity index (χ0v) is 12.1. The van der Waals surface area contributed by atoms with E-state index < -0.39 is 11.9 Å². The molecule has 1 N–H and O–H groups in total. The second kappa shape index (κ2) is 5.06. The summed E-state index contributed by atoms with van der Waals surface area (Å²) in [5, 5.41) is 9.68. The zero-order valence-electron chi connectivity index (χ0n) is 10.6. The van der Waals surface area contributed by atoms with Crippen molar-refractivity contribution in [3.63, 3.8) is 0 Å². The van der Waals surface area contributed by atoms with Gasteiger partial charge in [-0.3, -0.25) is 9.59 Å². The van der Waals surface area contributed by atoms with Gasteiger partial charge in [0.2, 0.25) is 0 Å². The monoisotopic (exact) mass is 304 g/mol. The molecule has 0 bridgehead atoms. The molecule has 1 amide bonds. The molecule has 0 aromatic carbocycles. The summed E-state index contributed by atoms with van der Waals surface area (Å²) in [4.78, 5) is 24.9. The molecule has 1 aromatic rings. The van der Waals surface area contributed by atoms with Crippen molar-refractivity contribution < 1.29 is 14.7 Å². The fourth-order valence-corrected chi connectivity index (χ4v) is 2.74. The van der Waals surface area contributed by atoms with E-state index in [1.807, 2.05) is 6.92 Å². The van der Waals surface area contributed by atoms with Crippen molar-refractivity contribution in [2.24, 2.45) is 18.9 Å². The fourth-order valence-electron chi connectivity index (χ4n) is 2.36. The number of carboxylic acids is 1. The highest BCUT2D eigenvalue weighted by Gasteiger charge is 2.38. The zero-order chi connectivity index (χ0) is 14.3. The molecule has 0 aliphatic carbocycles. The fraction of sp³-hybridized carbons (Fsp3) is 0.500. The van der Waals surface area contributed by atoms with Gasteiger partial charge in [0.1, 0.15) is 10.8 Å². The summed E-state index contributed by atoms with van der Waals surface area (Å²) in [6, 6.07) is 1.50. The summed E-state index contributed by atoms with van der Waals surface area (Å²) in [5.41, 5.74) is 0.369. The van der Waals surface area contributed by atoms with E-state index in [1.54, 1.807) is 7.05 Å². The number of carboxylic acid groups (broad SMARTS) is 1. The average molecular weight is 305 g/mol. The van der Waals surface area contributed by atoms with Crippen LogP contribution in [0.25, 0.3) is 0 Å². The Bertz CT molecular complexity index is 541. The molecule has 1 aliphatic rings. The number of likely N-dealkylation sites (tertiary alicyclic amines) is 1. The van der Waals surface area contributed by atoms with E-state index in [2.05, 4.69) is 0 Å². The van der Waals surface area contributed by atoms with E-state index in [-0.39, 0.29) is 18.4 Å². The third-order valence-electron chi connectivity index (χ3n) is 3.55. The first-order valence-electron chi connectivity index (χ1n) is 5.85. The lowest BCUT2D eigenvalue weighted by molar-refractivity contribution is -0.142. The van der Waals surface area contributed by atoms with E-state index >= 15 is 0 Å². The predicted octanol–water partition coefficient (Wildman–Crippen LogP) is 2.12. The van der Waals surface area contributed by atoms with Crippen LogP contribution in [0, 0.1) is 11.8 Å². The van der Waals surface area contributed by atoms with Gasteiger partial charge in [-0.1, -0.05) is 30.1 Å². The number of hydrogen-bond acceptors (Lipinski definition) is 2. The molecular weight excluding hydrogens is 291 g/mol. The van der Waals surface area contributed by atoms with Crippen LogP contribution < -0.4 is 0 Å². The molecule has 0 spiro atoms. The van der Waals surface area contributed by atoms with Crippen LogP contribution in [0.2, 0.25) is 10.2 Å². The lowest BCUT2D eigenvalue weighted by atomic mass is 9.99. The Labute approximate surface area is 120 Å². The molecule has 2 unspecified atom stereocenters. The van der Waals surface area contributed by atoms with Crippen LogP contribution in [0.15, 0.2) is 6.07 Å². The van der Waals surface area contributed by atoms with Gasteiger partial charge < -0.3 is 14.6 Å². The summed E-state index contributed by atoms with van der Waals surface area (Å²) >= 11 is 11.8. The van der Waals surface area contributed by atoms with Crippen LogP contribution in [0.4, 0.5) is 0 Å². The largest absolute Gasteiger partial charge is 0.481 e. The van der Waals surface area contributed by atoms with Crippen molar-refractivity contribution >= 4 is 35.1 Å². The maximum absolute atomic E-state index is 12.3. The minimum Gasteiger partial charge on any atom is -0.481 e. The number of hydrogen-bond donors (Lipinski definition) is 1. The van der Waals surface area contributed by atoms with E-state index in [4.69, 9.17) is 28.3 Å². The van der Waals surface area contributed by atoms with E-state index in [0.29, 0.717) is 22.4 Å². The van der Waals surface area contributed by atoms with Gasteiger partial charge in [0.15, 0.2) is 0 Å². The SMILES string of the molecule is CC1CN(C(=O)c2cc(Cl)c(Cl)n2C)CC1C(=O)O. The van der Waals surface area contributed by atoms with Crippen molar-refractivity contribution in [2.45, 2.75) is 6.92 Å². The lowest BCUT2D eigenvalue weighted by Gasteiger charge is -2.16. The molecule has 7 heteroatoms. The van der Waals surface area contributed by atoms with Gasteiger partial charge in [0.25, 0.3) is 5.91 Å². The first kappa shape index (κ1) is 14.2. The third-order valence-corrected chi connectivity index (χ3v) is 4.39. The van der Waals surface area contributed by atoms with Crippen LogP contribution in [-0.2, 0) is 11.8 Å². The number of amides is 1. The van der Waals surface area contributed by atoms with Crippen molar-refractivity contribution in [3.05, 3.63) is 21.9 Å². The maximum Gasteiger partial charge on any atom is 0.308 e. The number of aliphatic carboxylic acids is 1. The molecule has 1 aliphatic heterocycles. The second-order valence-electron chi connectivity index (χ2n) is 4.86. The molecule has 1 aromatic heterocycles. The van der Waals surface area contributed by atoms with Crippen LogP contribution in [0.3, 0.4) is 0 Å². The molecule has 1 saturated heterocycles. The first-order chi connectivity index (χ1) is 8.82. The molecule has 2 atom stereocenters. The highest BCUT2D eigenvalue weighted by atomic mass is 35.5. The Kier molecular flexibility index (Phi) is 3.78. The molecule has 0 radical (unpaired) electrons. The van der Waals surface area contributed by atoms with Gasteiger partial charge in [-0.2, -0.15) is 0 Å². The Balaban J connectivity index is 2.22. The maximum atomic E-state index is 12.3. The summed E-state index contributed by atoms with van der Waals surface area (Å²) in [6.07, 6.45) is 0. The molecular formula is C12H14Cl2N2O3. The van der Waals surface area contributed by atoms with E-state index in [1.165, 1.54) is 15.5 Å². The van der Waals surface area contributed by atoms with Gasteiger partial charge in [-0.05, 0) is 12.0 Å². The number of halogens is 2. The van der Waals surface area contributed by atoms with Gasteiger partial charge >= 0.3 is 5.97 Å². The summed E-state index contributed by atoms with van der Waals surface area (Å²) < 4.78 is 1.50. The van der Waals surface area contributed by atoms with E-state index in [9.17, 15) is 9.59 Å². The van der Waals surface area contributed by atoms with Gasteiger partial charge in [-0.25, -0.2) is 0 Å². The van der Waals surface area contributed by atoms with Crippen LogP contribution in [0.1, 0.15) is 17.4 Å². The Morgan fingerprint density at radius 2 is 2.00 bits per heavy atom. The minimum atomic E-state index is -0.870. The Hall–Kier alpha value is -1.20. The average Bonchev–Trinajstić information content (AvgIpc) is 2.85. The Morgan fingerprint density at radius 1 is 1.37 bits per heavy atom. The normalized spacial score (nSPS) is 22.8. The molecule has 19 heavy (non-hydrogen) atoms. The van der Waals surface area contributed by atoms with Gasteiger partial charge in [0.05, 0.1) is 10.9 Å². The van der Waals surface area contributed by atoms with Crippen LogP contribution in [-0.4, -0.2) is 39.5 Å². The highest BCUT2D eigenvalue weighted by molar-refractivity contribution is 6.41. The van der Waals surface area contributed by atoms with Crippen molar-refractivity contribution in [1.29, 1.82) is 0 Å². The number of aromatic nitrogens is 1. The molecule has 104 valence electrons. The van der Waals surface area contributed by atoms with Crippen molar-refractivity contribution in [3.8, 4) is 0 Å². The van der Waals surface area contributed by atoms with E-state index in [0.717, 1.165) is 0 Å². The lowest BCUT2D eigenvalue weighted by Crippen LogP contribution is -2.31.